The van der Waals surface area contributed by atoms with E-state index in [4.69, 9.17) is 9.47 Å². The molecule has 3 atom stereocenters. The molecular formula is C35H37N3O5. The number of hydrogen-bond acceptors (Lipinski definition) is 7. The molecular weight excluding hydrogens is 542 g/mol. The molecule has 1 unspecified atom stereocenters. The Morgan fingerprint density at radius 2 is 1.72 bits per heavy atom. The number of aliphatic hydroxyl groups is 1. The molecule has 1 aliphatic rings. The third-order valence-electron chi connectivity index (χ3n) is 7.55. The summed E-state index contributed by atoms with van der Waals surface area (Å²) in [4.78, 5) is 31.6. The minimum atomic E-state index is -0.681. The van der Waals surface area contributed by atoms with Gasteiger partial charge in [0.25, 0.3) is 5.91 Å². The monoisotopic (exact) mass is 579 g/mol. The first kappa shape index (κ1) is 30.3. The molecule has 5 rings (SSSR count). The van der Waals surface area contributed by atoms with E-state index in [1.807, 2.05) is 60.8 Å². The van der Waals surface area contributed by atoms with Gasteiger partial charge < -0.3 is 24.8 Å². The van der Waals surface area contributed by atoms with E-state index in [0.29, 0.717) is 29.8 Å². The number of aliphatic hydroxyl groups excluding tert-OH is 1. The number of pyridine rings is 1. The number of benzene rings is 3. The molecule has 0 bridgehead atoms. The Kier molecular flexibility index (Phi) is 10.1. The fraction of sp³-hybridized carbons (Fsp3) is 0.286. The Morgan fingerprint density at radius 3 is 2.47 bits per heavy atom. The third-order valence-corrected chi connectivity index (χ3v) is 7.55. The summed E-state index contributed by atoms with van der Waals surface area (Å²) in [5.74, 6) is -0.359. The number of carbonyl (C=O) groups is 2. The Balaban J connectivity index is 1.32. The van der Waals surface area contributed by atoms with Gasteiger partial charge in [-0.25, -0.2) is 0 Å². The normalized spacial score (nSPS) is 18.4. The van der Waals surface area contributed by atoms with Crippen molar-refractivity contribution in [1.29, 1.82) is 0 Å². The number of ether oxygens (including phenoxy) is 2. The van der Waals surface area contributed by atoms with Crippen LogP contribution in [0, 0.1) is 0 Å². The molecule has 8 heteroatoms. The highest BCUT2D eigenvalue weighted by atomic mass is 16.7. The lowest BCUT2D eigenvalue weighted by Crippen LogP contribution is -2.38. The van der Waals surface area contributed by atoms with E-state index < -0.39 is 6.29 Å². The predicted octanol–water partition coefficient (Wildman–Crippen LogP) is 5.75. The molecule has 2 heterocycles. The van der Waals surface area contributed by atoms with Crippen LogP contribution in [0.1, 0.15) is 68.8 Å². The van der Waals surface area contributed by atoms with E-state index in [1.54, 1.807) is 36.4 Å². The van der Waals surface area contributed by atoms with Crippen LogP contribution in [-0.4, -0.2) is 52.9 Å². The van der Waals surface area contributed by atoms with E-state index in [0.717, 1.165) is 35.3 Å². The molecule has 8 nitrogen and oxygen atoms in total. The SMILES string of the molecule is CC(=O)c1cccc(NC(=O)c2cccc(C3O[C@H](CN(C)CCc4ccccn4)C[C@H](c4ccc(CO)cc4)O3)c2)c1. The number of likely N-dealkylation sites (N-methyl/N-ethyl adjacent to an activating group) is 1. The smallest absolute Gasteiger partial charge is 0.255 e. The fourth-order valence-corrected chi connectivity index (χ4v) is 5.17. The number of rotatable bonds is 11. The number of nitrogens with one attached hydrogen (secondary N) is 1. The average Bonchev–Trinajstić information content (AvgIpc) is 3.04. The minimum absolute atomic E-state index is 0.0187. The van der Waals surface area contributed by atoms with Gasteiger partial charge in [-0.2, -0.15) is 0 Å². The second-order valence-electron chi connectivity index (χ2n) is 10.9. The van der Waals surface area contributed by atoms with Crippen LogP contribution in [0.25, 0.3) is 0 Å². The van der Waals surface area contributed by atoms with Crippen LogP contribution in [0.3, 0.4) is 0 Å². The lowest BCUT2D eigenvalue weighted by molar-refractivity contribution is -0.252. The second-order valence-corrected chi connectivity index (χ2v) is 10.9. The number of Topliss-reactive ketones (excluding diaryl/α,β-unsaturated/α-hetero) is 1. The van der Waals surface area contributed by atoms with Crippen LogP contribution in [0.4, 0.5) is 5.69 Å². The summed E-state index contributed by atoms with van der Waals surface area (Å²) < 4.78 is 13.0. The molecule has 0 spiro atoms. The van der Waals surface area contributed by atoms with Gasteiger partial charge in [-0.3, -0.25) is 14.6 Å². The van der Waals surface area contributed by atoms with E-state index in [1.165, 1.54) is 6.92 Å². The van der Waals surface area contributed by atoms with Crippen LogP contribution in [0.5, 0.6) is 0 Å². The van der Waals surface area contributed by atoms with E-state index in [9.17, 15) is 14.7 Å². The van der Waals surface area contributed by atoms with Crippen LogP contribution < -0.4 is 5.32 Å². The summed E-state index contributed by atoms with van der Waals surface area (Å²) >= 11 is 0. The van der Waals surface area contributed by atoms with E-state index >= 15 is 0 Å². The molecule has 43 heavy (non-hydrogen) atoms. The number of ketones is 1. The van der Waals surface area contributed by atoms with Crippen molar-refractivity contribution in [1.82, 2.24) is 9.88 Å². The van der Waals surface area contributed by atoms with Gasteiger partial charge in [0, 0.05) is 60.2 Å². The van der Waals surface area contributed by atoms with Crippen LogP contribution in [0.2, 0.25) is 0 Å². The molecule has 1 aliphatic heterocycles. The lowest BCUT2D eigenvalue weighted by atomic mass is 9.99. The van der Waals surface area contributed by atoms with Crippen molar-refractivity contribution in [3.63, 3.8) is 0 Å². The molecule has 0 saturated carbocycles. The van der Waals surface area contributed by atoms with Crippen molar-refractivity contribution in [2.75, 3.05) is 25.5 Å². The Hall–Kier alpha value is -4.21. The highest BCUT2D eigenvalue weighted by Crippen LogP contribution is 2.38. The van der Waals surface area contributed by atoms with Gasteiger partial charge >= 0.3 is 0 Å². The van der Waals surface area contributed by atoms with Gasteiger partial charge in [-0.15, -0.1) is 0 Å². The Bertz CT molecular complexity index is 1530. The summed E-state index contributed by atoms with van der Waals surface area (Å²) in [6.07, 6.45) is 2.28. The summed E-state index contributed by atoms with van der Waals surface area (Å²) in [5.41, 5.74) is 5.17. The van der Waals surface area contributed by atoms with Gasteiger partial charge in [-0.1, -0.05) is 54.6 Å². The van der Waals surface area contributed by atoms with Gasteiger partial charge in [0.2, 0.25) is 0 Å². The van der Waals surface area contributed by atoms with Crippen LogP contribution >= 0.6 is 0 Å². The minimum Gasteiger partial charge on any atom is -0.392 e. The molecule has 1 fully saturated rings. The molecule has 3 aromatic carbocycles. The number of hydrogen-bond donors (Lipinski definition) is 2. The molecule has 1 amide bonds. The summed E-state index contributed by atoms with van der Waals surface area (Å²) in [6.45, 7) is 3.01. The summed E-state index contributed by atoms with van der Waals surface area (Å²) in [7, 11) is 2.08. The van der Waals surface area contributed by atoms with Crippen LogP contribution in [-0.2, 0) is 22.5 Å². The topological polar surface area (TPSA) is 101 Å². The first-order valence-electron chi connectivity index (χ1n) is 14.5. The zero-order chi connectivity index (χ0) is 30.2. The maximum atomic E-state index is 13.2. The second kappa shape index (κ2) is 14.3. The number of anilines is 1. The Morgan fingerprint density at radius 1 is 0.930 bits per heavy atom. The molecule has 4 aromatic rings. The van der Waals surface area contributed by atoms with Crippen molar-refractivity contribution in [2.45, 2.75) is 44.9 Å². The first-order valence-corrected chi connectivity index (χ1v) is 14.5. The maximum absolute atomic E-state index is 13.2. The quantitative estimate of drug-likeness (QED) is 0.218. The summed E-state index contributed by atoms with van der Waals surface area (Å²) in [5, 5.41) is 12.4. The fourth-order valence-electron chi connectivity index (χ4n) is 5.17. The highest BCUT2D eigenvalue weighted by Gasteiger charge is 2.33. The van der Waals surface area contributed by atoms with Crippen molar-refractivity contribution in [3.05, 3.63) is 131 Å². The number of aromatic nitrogens is 1. The number of nitrogens with zero attached hydrogens (tertiary/aromatic N) is 2. The highest BCUT2D eigenvalue weighted by molar-refractivity contribution is 6.05. The standard InChI is InChI=1S/C35H37N3O5/c1-24(40)27-7-6-11-31(20-27)37-34(41)28-8-5-9-29(19-28)35-42-32(22-38(2)18-16-30-10-3-4-17-36-30)21-33(43-35)26-14-12-25(23-39)13-15-26/h3-15,17,19-20,32-33,35,39H,16,18,21-23H2,1-2H3,(H,37,41)/t32-,33+,35?/m0/s1. The van der Waals surface area contributed by atoms with Crippen LogP contribution in [0.15, 0.2) is 97.2 Å². The van der Waals surface area contributed by atoms with Crippen molar-refractivity contribution in [2.24, 2.45) is 0 Å². The van der Waals surface area contributed by atoms with Crippen molar-refractivity contribution >= 4 is 17.4 Å². The maximum Gasteiger partial charge on any atom is 0.255 e. The van der Waals surface area contributed by atoms with Crippen molar-refractivity contribution < 1.29 is 24.2 Å². The van der Waals surface area contributed by atoms with Gasteiger partial charge in [0.15, 0.2) is 12.1 Å². The number of amides is 1. The zero-order valence-electron chi connectivity index (χ0n) is 24.5. The summed E-state index contributed by atoms with van der Waals surface area (Å²) in [6, 6.07) is 27.9. The first-order chi connectivity index (χ1) is 20.9. The molecule has 2 N–H and O–H groups in total. The Labute approximate surface area is 252 Å². The largest absolute Gasteiger partial charge is 0.392 e. The predicted molar refractivity (Wildman–Crippen MR) is 165 cm³/mol. The van der Waals surface area contributed by atoms with E-state index in [-0.39, 0.29) is 30.5 Å². The molecule has 0 aliphatic carbocycles. The van der Waals surface area contributed by atoms with Crippen molar-refractivity contribution in [3.8, 4) is 0 Å². The molecule has 1 saturated heterocycles. The lowest BCUT2D eigenvalue weighted by Gasteiger charge is -2.38. The van der Waals surface area contributed by atoms with Gasteiger partial charge in [-0.05, 0) is 61.5 Å². The molecule has 222 valence electrons. The number of carbonyl (C=O) groups excluding carboxylic acids is 2. The van der Waals surface area contributed by atoms with E-state index in [2.05, 4.69) is 22.2 Å². The third kappa shape index (κ3) is 8.21. The zero-order valence-corrected chi connectivity index (χ0v) is 24.5. The average molecular weight is 580 g/mol. The van der Waals surface area contributed by atoms with Gasteiger partial charge in [0.05, 0.1) is 18.8 Å². The molecule has 1 aromatic heterocycles. The molecule has 0 radical (unpaired) electrons. The van der Waals surface area contributed by atoms with Gasteiger partial charge in [0.1, 0.15) is 0 Å².